The van der Waals surface area contributed by atoms with E-state index >= 15 is 0 Å². The van der Waals surface area contributed by atoms with Gasteiger partial charge in [0.15, 0.2) is 18.1 Å². The zero-order chi connectivity index (χ0) is 21.3. The van der Waals surface area contributed by atoms with Crippen LogP contribution in [0.1, 0.15) is 18.1 Å². The van der Waals surface area contributed by atoms with E-state index in [-0.39, 0.29) is 12.5 Å². The Kier molecular flexibility index (Phi) is 7.57. The third-order valence-corrected chi connectivity index (χ3v) is 4.64. The number of hydrogen-bond donors (Lipinski definition) is 2. The van der Waals surface area contributed by atoms with Crippen LogP contribution in [0.25, 0.3) is 0 Å². The van der Waals surface area contributed by atoms with Crippen molar-refractivity contribution in [2.75, 3.05) is 23.8 Å². The fraction of sp³-hybridized carbons (Fsp3) is 0.208. The van der Waals surface area contributed by atoms with Crippen LogP contribution in [0, 0.1) is 6.92 Å². The molecule has 6 heteroatoms. The van der Waals surface area contributed by atoms with Gasteiger partial charge in [-0.15, -0.1) is 0 Å². The molecule has 0 saturated heterocycles. The molecule has 0 unspecified atom stereocenters. The molecular weight excluding hydrogens is 400 g/mol. The Balaban J connectivity index is 1.62. The molecule has 5 nitrogen and oxygen atoms in total. The molecule has 2 N–H and O–H groups in total. The fourth-order valence-corrected chi connectivity index (χ4v) is 3.07. The monoisotopic (exact) mass is 424 g/mol. The highest BCUT2D eigenvalue weighted by Gasteiger charge is 2.10. The molecule has 0 heterocycles. The number of nitrogens with one attached hydrogen (secondary N) is 2. The number of halogens is 1. The standard InChI is InChI=1S/C24H25ClN2O3/c1-3-29-23-13-18(15-26-21-14-19(25)11-9-17(21)2)10-12-22(23)30-16-24(28)27-20-7-5-4-6-8-20/h4-14,26H,3,15-16H2,1-2H3,(H,27,28). The number of carbonyl (C=O) groups is 1. The zero-order valence-electron chi connectivity index (χ0n) is 17.1. The van der Waals surface area contributed by atoms with Crippen LogP contribution in [0.4, 0.5) is 11.4 Å². The molecule has 0 radical (unpaired) electrons. The maximum absolute atomic E-state index is 12.1. The van der Waals surface area contributed by atoms with Gasteiger partial charge in [0.1, 0.15) is 0 Å². The second-order valence-corrected chi connectivity index (χ2v) is 7.17. The van der Waals surface area contributed by atoms with Gasteiger partial charge >= 0.3 is 0 Å². The maximum atomic E-state index is 12.1. The van der Waals surface area contributed by atoms with Gasteiger partial charge in [-0.1, -0.05) is 41.9 Å². The molecule has 3 aromatic rings. The second-order valence-electron chi connectivity index (χ2n) is 6.73. The summed E-state index contributed by atoms with van der Waals surface area (Å²) in [6.07, 6.45) is 0. The average Bonchev–Trinajstić information content (AvgIpc) is 2.74. The Morgan fingerprint density at radius 2 is 1.77 bits per heavy atom. The van der Waals surface area contributed by atoms with Crippen molar-refractivity contribution < 1.29 is 14.3 Å². The minimum atomic E-state index is -0.231. The first-order valence-corrected chi connectivity index (χ1v) is 10.2. The minimum Gasteiger partial charge on any atom is -0.490 e. The molecule has 0 aromatic heterocycles. The molecule has 0 fully saturated rings. The van der Waals surface area contributed by atoms with Gasteiger partial charge in [0.2, 0.25) is 0 Å². The molecule has 0 aliphatic rings. The summed E-state index contributed by atoms with van der Waals surface area (Å²) in [6.45, 7) is 4.94. The van der Waals surface area contributed by atoms with E-state index in [2.05, 4.69) is 10.6 Å². The zero-order valence-corrected chi connectivity index (χ0v) is 17.8. The van der Waals surface area contributed by atoms with Crippen molar-refractivity contribution in [3.05, 3.63) is 82.9 Å². The summed E-state index contributed by atoms with van der Waals surface area (Å²) < 4.78 is 11.4. The topological polar surface area (TPSA) is 59.6 Å². The van der Waals surface area contributed by atoms with E-state index in [9.17, 15) is 4.79 Å². The van der Waals surface area contributed by atoms with Gasteiger partial charge in [-0.2, -0.15) is 0 Å². The predicted molar refractivity (Wildman–Crippen MR) is 122 cm³/mol. The smallest absolute Gasteiger partial charge is 0.262 e. The van der Waals surface area contributed by atoms with Gasteiger partial charge in [0, 0.05) is 22.9 Å². The molecule has 0 saturated carbocycles. The quantitative estimate of drug-likeness (QED) is 0.464. The number of benzene rings is 3. The van der Waals surface area contributed by atoms with Crippen molar-refractivity contribution in [1.29, 1.82) is 0 Å². The van der Waals surface area contributed by atoms with Crippen molar-refractivity contribution in [3.8, 4) is 11.5 Å². The molecule has 0 bridgehead atoms. The molecule has 1 amide bonds. The predicted octanol–water partition coefficient (Wildman–Crippen LogP) is 5.68. The molecule has 0 aliphatic carbocycles. The lowest BCUT2D eigenvalue weighted by Crippen LogP contribution is -2.20. The van der Waals surface area contributed by atoms with Crippen LogP contribution in [0.5, 0.6) is 11.5 Å². The Labute approximate surface area is 182 Å². The summed E-state index contributed by atoms with van der Waals surface area (Å²) in [5.41, 5.74) is 3.86. The lowest BCUT2D eigenvalue weighted by molar-refractivity contribution is -0.118. The highest BCUT2D eigenvalue weighted by molar-refractivity contribution is 6.30. The van der Waals surface area contributed by atoms with Gasteiger partial charge in [-0.3, -0.25) is 4.79 Å². The maximum Gasteiger partial charge on any atom is 0.262 e. The van der Waals surface area contributed by atoms with E-state index < -0.39 is 0 Å². The van der Waals surface area contributed by atoms with Crippen LogP contribution in [-0.4, -0.2) is 19.1 Å². The molecule has 3 aromatic carbocycles. The number of para-hydroxylation sites is 1. The molecule has 30 heavy (non-hydrogen) atoms. The number of rotatable bonds is 9. The summed E-state index contributed by atoms with van der Waals surface area (Å²) >= 11 is 6.09. The van der Waals surface area contributed by atoms with Crippen molar-refractivity contribution >= 4 is 28.9 Å². The van der Waals surface area contributed by atoms with E-state index in [1.54, 1.807) is 0 Å². The Morgan fingerprint density at radius 3 is 2.53 bits per heavy atom. The Morgan fingerprint density at radius 1 is 0.967 bits per heavy atom. The third-order valence-electron chi connectivity index (χ3n) is 4.41. The second kappa shape index (κ2) is 10.6. The lowest BCUT2D eigenvalue weighted by Gasteiger charge is -2.15. The normalized spacial score (nSPS) is 10.4. The third kappa shape index (κ3) is 6.16. The summed E-state index contributed by atoms with van der Waals surface area (Å²) in [5, 5.41) is 6.88. The van der Waals surface area contributed by atoms with E-state index in [1.165, 1.54) is 0 Å². The lowest BCUT2D eigenvalue weighted by atomic mass is 10.1. The van der Waals surface area contributed by atoms with Gasteiger partial charge in [0.25, 0.3) is 5.91 Å². The van der Waals surface area contributed by atoms with Crippen molar-refractivity contribution in [2.45, 2.75) is 20.4 Å². The fourth-order valence-electron chi connectivity index (χ4n) is 2.89. The molecule has 0 spiro atoms. The Bertz CT molecular complexity index is 993. The number of carbonyl (C=O) groups excluding carboxylic acids is 1. The van der Waals surface area contributed by atoms with Crippen LogP contribution in [0.3, 0.4) is 0 Å². The van der Waals surface area contributed by atoms with Crippen LogP contribution >= 0.6 is 11.6 Å². The number of anilines is 2. The summed E-state index contributed by atoms with van der Waals surface area (Å²) in [4.78, 5) is 12.1. The summed E-state index contributed by atoms with van der Waals surface area (Å²) in [6, 6.07) is 20.7. The number of aryl methyl sites for hydroxylation is 1. The van der Waals surface area contributed by atoms with E-state index in [0.29, 0.717) is 29.7 Å². The first-order valence-electron chi connectivity index (χ1n) is 9.78. The molecule has 3 rings (SSSR count). The van der Waals surface area contributed by atoms with Gasteiger partial charge in [-0.25, -0.2) is 0 Å². The molecule has 0 aliphatic heterocycles. The van der Waals surface area contributed by atoms with Crippen LogP contribution in [0.2, 0.25) is 5.02 Å². The Hall–Kier alpha value is -3.18. The summed E-state index contributed by atoms with van der Waals surface area (Å²) in [5.74, 6) is 0.903. The van der Waals surface area contributed by atoms with Crippen molar-refractivity contribution in [1.82, 2.24) is 0 Å². The highest BCUT2D eigenvalue weighted by Crippen LogP contribution is 2.29. The van der Waals surface area contributed by atoms with Crippen molar-refractivity contribution in [3.63, 3.8) is 0 Å². The number of hydrogen-bond acceptors (Lipinski definition) is 4. The van der Waals surface area contributed by atoms with E-state index in [1.807, 2.05) is 80.6 Å². The largest absolute Gasteiger partial charge is 0.490 e. The number of ether oxygens (including phenoxy) is 2. The first-order chi connectivity index (χ1) is 14.5. The number of amides is 1. The highest BCUT2D eigenvalue weighted by atomic mass is 35.5. The van der Waals surface area contributed by atoms with E-state index in [0.717, 1.165) is 22.5 Å². The summed E-state index contributed by atoms with van der Waals surface area (Å²) in [7, 11) is 0. The van der Waals surface area contributed by atoms with Crippen LogP contribution in [-0.2, 0) is 11.3 Å². The molecule has 0 atom stereocenters. The minimum absolute atomic E-state index is 0.103. The SMILES string of the molecule is CCOc1cc(CNc2cc(Cl)ccc2C)ccc1OCC(=O)Nc1ccccc1. The molecular formula is C24H25ClN2O3. The van der Waals surface area contributed by atoms with Crippen LogP contribution in [0.15, 0.2) is 66.7 Å². The van der Waals surface area contributed by atoms with E-state index in [4.69, 9.17) is 21.1 Å². The van der Waals surface area contributed by atoms with Gasteiger partial charge in [-0.05, 0) is 61.4 Å². The van der Waals surface area contributed by atoms with Crippen molar-refractivity contribution in [2.24, 2.45) is 0 Å². The van der Waals surface area contributed by atoms with Crippen LogP contribution < -0.4 is 20.1 Å². The van der Waals surface area contributed by atoms with Gasteiger partial charge < -0.3 is 20.1 Å². The first kappa shape index (κ1) is 21.5. The molecule has 156 valence electrons. The average molecular weight is 425 g/mol. The van der Waals surface area contributed by atoms with Gasteiger partial charge in [0.05, 0.1) is 6.61 Å².